The summed E-state index contributed by atoms with van der Waals surface area (Å²) in [6.45, 7) is 0. The molecule has 0 atom stereocenters. The summed E-state index contributed by atoms with van der Waals surface area (Å²) in [6, 6.07) is 65.8. The number of benzene rings is 8. The first kappa shape index (κ1) is 35.0. The van der Waals surface area contributed by atoms with Crippen molar-refractivity contribution in [2.24, 2.45) is 0 Å². The molecule has 294 valence electrons. The maximum atomic E-state index is 6.75. The average Bonchev–Trinajstić information content (AvgIpc) is 4.02. The van der Waals surface area contributed by atoms with Gasteiger partial charge in [-0.05, 0) is 48.5 Å². The molecule has 0 saturated carbocycles. The first-order chi connectivity index (χ1) is 31.2. The largest absolute Gasteiger partial charge is 0.455 e. The highest BCUT2D eigenvalue weighted by Gasteiger charge is 2.22. The van der Waals surface area contributed by atoms with Gasteiger partial charge in [0, 0.05) is 49.0 Å². The first-order valence-electron chi connectivity index (χ1n) is 20.8. The molecule has 0 fully saturated rings. The molecule has 0 spiro atoms. The Labute approximate surface area is 359 Å². The zero-order valence-electron chi connectivity index (χ0n) is 33.5. The van der Waals surface area contributed by atoms with Crippen LogP contribution < -0.4 is 0 Å². The lowest BCUT2D eigenvalue weighted by molar-refractivity contribution is 0.669. The van der Waals surface area contributed by atoms with Crippen molar-refractivity contribution in [1.82, 2.24) is 39.0 Å². The third-order valence-electron chi connectivity index (χ3n) is 11.9. The van der Waals surface area contributed by atoms with Crippen molar-refractivity contribution in [3.8, 4) is 57.4 Å². The van der Waals surface area contributed by atoms with Crippen molar-refractivity contribution in [3.63, 3.8) is 0 Å². The number of hydrogen-bond donors (Lipinski definition) is 0. The van der Waals surface area contributed by atoms with E-state index in [1.807, 2.05) is 97.1 Å². The van der Waals surface area contributed by atoms with Gasteiger partial charge in [-0.25, -0.2) is 9.97 Å². The van der Waals surface area contributed by atoms with Crippen LogP contribution >= 0.6 is 0 Å². The van der Waals surface area contributed by atoms with Crippen LogP contribution in [0.2, 0.25) is 0 Å². The minimum atomic E-state index is 0.506. The van der Waals surface area contributed by atoms with Crippen LogP contribution in [0.25, 0.3) is 123 Å². The number of nitrogens with zero attached hydrogens (tertiary/aromatic N) is 8. The Morgan fingerprint density at radius 2 is 0.714 bits per heavy atom. The second-order valence-electron chi connectivity index (χ2n) is 15.5. The Balaban J connectivity index is 1.00. The minimum Gasteiger partial charge on any atom is -0.455 e. The van der Waals surface area contributed by atoms with Crippen molar-refractivity contribution in [2.75, 3.05) is 0 Å². The molecule has 5 aromatic heterocycles. The zero-order valence-corrected chi connectivity index (χ0v) is 33.5. The van der Waals surface area contributed by atoms with Crippen LogP contribution in [0.4, 0.5) is 0 Å². The van der Waals surface area contributed by atoms with E-state index in [1.54, 1.807) is 0 Å². The summed E-state index contributed by atoms with van der Waals surface area (Å²) in [5.41, 5.74) is 8.84. The van der Waals surface area contributed by atoms with Gasteiger partial charge < -0.3 is 4.42 Å². The van der Waals surface area contributed by atoms with E-state index in [4.69, 9.17) is 34.3 Å². The number of para-hydroxylation sites is 5. The van der Waals surface area contributed by atoms with Gasteiger partial charge >= 0.3 is 0 Å². The fourth-order valence-electron chi connectivity index (χ4n) is 9.00. The summed E-state index contributed by atoms with van der Waals surface area (Å²) >= 11 is 0. The lowest BCUT2D eigenvalue weighted by Gasteiger charge is -2.11. The smallest absolute Gasteiger partial charge is 0.238 e. The minimum absolute atomic E-state index is 0.506. The maximum Gasteiger partial charge on any atom is 0.238 e. The molecule has 13 rings (SSSR count). The molecule has 0 aliphatic heterocycles. The average molecular weight is 809 g/mol. The SMILES string of the molecule is c1ccc(-c2nc(-c3ccc4oc5c(-c6nc(-c7ccccc7)nc(-n7c8ccccc8c8ccccc87)n6)cccc5c4c3)nc(-n3c4ccccc4c4ccccc43)n2)cc1. The van der Waals surface area contributed by atoms with Crippen LogP contribution in [-0.2, 0) is 0 Å². The van der Waals surface area contributed by atoms with Crippen molar-refractivity contribution in [2.45, 2.75) is 0 Å². The second kappa shape index (κ2) is 13.9. The highest BCUT2D eigenvalue weighted by atomic mass is 16.3. The highest BCUT2D eigenvalue weighted by molar-refractivity contribution is 6.11. The number of furan rings is 1. The summed E-state index contributed by atoms with van der Waals surface area (Å²) in [6.07, 6.45) is 0. The van der Waals surface area contributed by atoms with E-state index in [-0.39, 0.29) is 0 Å². The summed E-state index contributed by atoms with van der Waals surface area (Å²) in [7, 11) is 0. The molecule has 0 saturated heterocycles. The van der Waals surface area contributed by atoms with Crippen molar-refractivity contribution in [3.05, 3.63) is 194 Å². The lowest BCUT2D eigenvalue weighted by Crippen LogP contribution is -2.06. The molecule has 8 aromatic carbocycles. The molecule has 0 radical (unpaired) electrons. The molecule has 0 bridgehead atoms. The van der Waals surface area contributed by atoms with Gasteiger partial charge in [0.15, 0.2) is 23.3 Å². The van der Waals surface area contributed by atoms with Gasteiger partial charge in [0.05, 0.1) is 27.6 Å². The van der Waals surface area contributed by atoms with Crippen LogP contribution in [0.1, 0.15) is 0 Å². The topological polar surface area (TPSA) is 100 Å². The lowest BCUT2D eigenvalue weighted by atomic mass is 10.1. The van der Waals surface area contributed by atoms with E-state index in [2.05, 4.69) is 106 Å². The van der Waals surface area contributed by atoms with Crippen molar-refractivity contribution < 1.29 is 4.42 Å². The summed E-state index contributed by atoms with van der Waals surface area (Å²) in [5, 5.41) is 6.36. The summed E-state index contributed by atoms with van der Waals surface area (Å²) in [5.74, 6) is 3.27. The summed E-state index contributed by atoms with van der Waals surface area (Å²) < 4.78 is 11.0. The van der Waals surface area contributed by atoms with E-state index in [0.717, 1.165) is 82.2 Å². The number of fused-ring (bicyclic) bond motifs is 9. The van der Waals surface area contributed by atoms with Crippen molar-refractivity contribution >= 4 is 65.6 Å². The number of hydrogen-bond acceptors (Lipinski definition) is 7. The standard InChI is InChI=1S/C54H32N8O/c1-3-16-33(17-4-1)49-55-51(59-53(57-49)61-43-26-11-7-20-36(43)37-21-8-12-27-44(37)61)35-30-31-47-42(32-35)40-24-15-25-41(48(40)63-47)52-56-50(34-18-5-2-6-19-34)58-54(60-52)62-45-28-13-9-22-38(45)39-23-10-14-29-46(39)62/h1-32H. The van der Waals surface area contributed by atoms with Crippen LogP contribution in [-0.4, -0.2) is 39.0 Å². The van der Waals surface area contributed by atoms with E-state index in [0.29, 0.717) is 40.8 Å². The molecule has 5 heterocycles. The van der Waals surface area contributed by atoms with Gasteiger partial charge in [0.25, 0.3) is 0 Å². The molecule has 0 aliphatic rings. The maximum absolute atomic E-state index is 6.75. The van der Waals surface area contributed by atoms with E-state index < -0.39 is 0 Å². The quantitative estimate of drug-likeness (QED) is 0.165. The van der Waals surface area contributed by atoms with Crippen LogP contribution in [0.3, 0.4) is 0 Å². The predicted molar refractivity (Wildman–Crippen MR) is 251 cm³/mol. The van der Waals surface area contributed by atoms with E-state index in [1.165, 1.54) is 0 Å². The fourth-order valence-corrected chi connectivity index (χ4v) is 9.00. The molecule has 0 N–H and O–H groups in total. The van der Waals surface area contributed by atoms with Gasteiger partial charge in [0.1, 0.15) is 11.2 Å². The second-order valence-corrected chi connectivity index (χ2v) is 15.5. The Hall–Kier alpha value is -8.82. The Morgan fingerprint density at radius 1 is 0.302 bits per heavy atom. The molecule has 63 heavy (non-hydrogen) atoms. The highest BCUT2D eigenvalue weighted by Crippen LogP contribution is 2.39. The van der Waals surface area contributed by atoms with Gasteiger partial charge in [0.2, 0.25) is 11.9 Å². The Morgan fingerprint density at radius 3 is 1.22 bits per heavy atom. The molecular weight excluding hydrogens is 777 g/mol. The third kappa shape index (κ3) is 5.57. The van der Waals surface area contributed by atoms with Gasteiger partial charge in [-0.3, -0.25) is 9.13 Å². The molecule has 0 aliphatic carbocycles. The molecule has 0 unspecified atom stereocenters. The fraction of sp³-hybridized carbons (Fsp3) is 0. The third-order valence-corrected chi connectivity index (χ3v) is 11.9. The normalized spacial score (nSPS) is 11.8. The number of aromatic nitrogens is 8. The van der Waals surface area contributed by atoms with Crippen LogP contribution in [0, 0.1) is 0 Å². The van der Waals surface area contributed by atoms with Gasteiger partial charge in [-0.2, -0.15) is 19.9 Å². The molecule has 9 heteroatoms. The van der Waals surface area contributed by atoms with Crippen LogP contribution in [0.5, 0.6) is 0 Å². The van der Waals surface area contributed by atoms with E-state index >= 15 is 0 Å². The molecular formula is C54H32N8O. The van der Waals surface area contributed by atoms with Crippen LogP contribution in [0.15, 0.2) is 199 Å². The Kier molecular flexibility index (Phi) is 7.70. The van der Waals surface area contributed by atoms with Gasteiger partial charge in [-0.1, -0.05) is 146 Å². The van der Waals surface area contributed by atoms with Gasteiger partial charge in [-0.15, -0.1) is 0 Å². The van der Waals surface area contributed by atoms with Crippen molar-refractivity contribution in [1.29, 1.82) is 0 Å². The first-order valence-corrected chi connectivity index (χ1v) is 20.8. The monoisotopic (exact) mass is 808 g/mol. The molecule has 0 amide bonds. The zero-order chi connectivity index (χ0) is 41.4. The molecule has 13 aromatic rings. The summed E-state index contributed by atoms with van der Waals surface area (Å²) in [4.78, 5) is 30.9. The Bertz CT molecular complexity index is 3820. The predicted octanol–water partition coefficient (Wildman–Crippen LogP) is 12.8. The molecule has 9 nitrogen and oxygen atoms in total. The van der Waals surface area contributed by atoms with E-state index in [9.17, 15) is 0 Å². The number of rotatable bonds is 6.